The van der Waals surface area contributed by atoms with E-state index in [-0.39, 0.29) is 17.9 Å². The lowest BCUT2D eigenvalue weighted by molar-refractivity contribution is -0.123. The molecule has 4 heteroatoms. The molecule has 0 fully saturated rings. The van der Waals surface area contributed by atoms with Crippen LogP contribution < -0.4 is 10.2 Å². The van der Waals surface area contributed by atoms with Crippen LogP contribution in [0.15, 0.2) is 47.6 Å². The van der Waals surface area contributed by atoms with Gasteiger partial charge in [0.15, 0.2) is 6.61 Å². The molecule has 2 aromatic rings. The van der Waals surface area contributed by atoms with Gasteiger partial charge in [-0.15, -0.1) is 0 Å². The second-order valence-electron chi connectivity index (χ2n) is 8.53. The van der Waals surface area contributed by atoms with Crippen LogP contribution >= 0.6 is 0 Å². The maximum atomic E-state index is 12.1. The van der Waals surface area contributed by atoms with Crippen LogP contribution in [0.2, 0.25) is 0 Å². The number of aryl methyl sites for hydroxylation is 1. The molecule has 1 N–H and O–H groups in total. The van der Waals surface area contributed by atoms with Crippen molar-refractivity contribution in [3.05, 3.63) is 64.7 Å². The summed E-state index contributed by atoms with van der Waals surface area (Å²) in [5.41, 5.74) is 7.93. The number of hydrazone groups is 1. The number of benzene rings is 2. The third kappa shape index (κ3) is 5.95. The quantitative estimate of drug-likeness (QED) is 0.543. The summed E-state index contributed by atoms with van der Waals surface area (Å²) in [6, 6.07) is 14.3. The number of ether oxygens (including phenoxy) is 1. The Morgan fingerprint density at radius 2 is 1.75 bits per heavy atom. The van der Waals surface area contributed by atoms with Crippen molar-refractivity contribution in [3.8, 4) is 5.75 Å². The minimum atomic E-state index is -0.280. The molecule has 0 aliphatic carbocycles. The third-order valence-corrected chi connectivity index (χ3v) is 4.74. The lowest BCUT2D eigenvalue weighted by Crippen LogP contribution is -2.25. The highest BCUT2D eigenvalue weighted by Gasteiger charge is 2.15. The topological polar surface area (TPSA) is 50.7 Å². The first-order chi connectivity index (χ1) is 13.1. The monoisotopic (exact) mass is 380 g/mol. The number of amides is 1. The minimum Gasteiger partial charge on any atom is -0.483 e. The fourth-order valence-corrected chi connectivity index (χ4v) is 2.77. The van der Waals surface area contributed by atoms with Crippen molar-refractivity contribution in [1.82, 2.24) is 5.43 Å². The molecule has 4 nitrogen and oxygen atoms in total. The van der Waals surface area contributed by atoms with E-state index in [0.717, 1.165) is 16.8 Å². The van der Waals surface area contributed by atoms with Crippen LogP contribution in [0.5, 0.6) is 5.75 Å². The van der Waals surface area contributed by atoms with Crippen molar-refractivity contribution in [2.45, 2.75) is 59.8 Å². The second kappa shape index (κ2) is 9.05. The summed E-state index contributed by atoms with van der Waals surface area (Å²) >= 11 is 0. The molecule has 0 aliphatic rings. The molecular formula is C24H32N2O2. The number of nitrogens with zero attached hydrogens (tertiary/aromatic N) is 1. The van der Waals surface area contributed by atoms with Gasteiger partial charge < -0.3 is 4.74 Å². The Bertz CT molecular complexity index is 844. The molecule has 0 bridgehead atoms. The molecule has 0 aromatic heterocycles. The van der Waals surface area contributed by atoms with Gasteiger partial charge in [0.1, 0.15) is 5.75 Å². The van der Waals surface area contributed by atoms with Gasteiger partial charge in [-0.1, -0.05) is 71.0 Å². The van der Waals surface area contributed by atoms with E-state index in [0.29, 0.717) is 11.7 Å². The predicted octanol–water partition coefficient (Wildman–Crippen LogP) is 5.34. The maximum Gasteiger partial charge on any atom is 0.277 e. The third-order valence-electron chi connectivity index (χ3n) is 4.74. The van der Waals surface area contributed by atoms with Gasteiger partial charge in [0.05, 0.1) is 5.71 Å². The van der Waals surface area contributed by atoms with Crippen LogP contribution in [0.25, 0.3) is 0 Å². The van der Waals surface area contributed by atoms with Gasteiger partial charge in [-0.2, -0.15) is 5.10 Å². The van der Waals surface area contributed by atoms with E-state index in [4.69, 9.17) is 4.74 Å². The van der Waals surface area contributed by atoms with Crippen molar-refractivity contribution in [2.24, 2.45) is 5.10 Å². The summed E-state index contributed by atoms with van der Waals surface area (Å²) in [5.74, 6) is 0.926. The standard InChI is InChI=1S/C24H32N2O2/c1-16(2)19-8-10-20(11-9-19)18(4)25-26-23(27)15-28-22-13-12-21(14-17(22)3)24(5,6)7/h8-14,16H,15H2,1-7H3,(H,26,27). The van der Waals surface area contributed by atoms with E-state index in [2.05, 4.69) is 63.3 Å². The first kappa shape index (κ1) is 21.7. The van der Waals surface area contributed by atoms with Crippen molar-refractivity contribution in [1.29, 1.82) is 0 Å². The molecule has 2 aromatic carbocycles. The van der Waals surface area contributed by atoms with Crippen LogP contribution in [-0.2, 0) is 10.2 Å². The fourth-order valence-electron chi connectivity index (χ4n) is 2.77. The van der Waals surface area contributed by atoms with Crippen molar-refractivity contribution >= 4 is 11.6 Å². The molecule has 2 rings (SSSR count). The molecule has 1 amide bonds. The molecule has 0 radical (unpaired) electrons. The van der Waals surface area contributed by atoms with E-state index in [1.807, 2.05) is 38.1 Å². The van der Waals surface area contributed by atoms with E-state index >= 15 is 0 Å². The van der Waals surface area contributed by atoms with Gasteiger partial charge in [0, 0.05) is 0 Å². The van der Waals surface area contributed by atoms with Crippen LogP contribution in [0, 0.1) is 6.92 Å². The first-order valence-electron chi connectivity index (χ1n) is 9.75. The maximum absolute atomic E-state index is 12.1. The minimum absolute atomic E-state index is 0.0707. The number of carbonyl (C=O) groups excluding carboxylic acids is 1. The van der Waals surface area contributed by atoms with E-state index < -0.39 is 0 Å². The summed E-state index contributed by atoms with van der Waals surface area (Å²) in [4.78, 5) is 12.1. The van der Waals surface area contributed by atoms with Crippen molar-refractivity contribution in [2.75, 3.05) is 6.61 Å². The predicted molar refractivity (Wildman–Crippen MR) is 116 cm³/mol. The lowest BCUT2D eigenvalue weighted by atomic mass is 9.86. The summed E-state index contributed by atoms with van der Waals surface area (Å²) in [6.45, 7) is 14.6. The Morgan fingerprint density at radius 3 is 2.29 bits per heavy atom. The Labute approximate surface area is 169 Å². The number of rotatable bonds is 6. The highest BCUT2D eigenvalue weighted by molar-refractivity contribution is 5.99. The summed E-state index contributed by atoms with van der Waals surface area (Å²) in [5, 5.41) is 4.19. The molecular weight excluding hydrogens is 348 g/mol. The Kier molecular flexibility index (Phi) is 7.00. The summed E-state index contributed by atoms with van der Waals surface area (Å²) in [7, 11) is 0. The van der Waals surface area contributed by atoms with Gasteiger partial charge in [-0.25, -0.2) is 5.43 Å². The average molecular weight is 381 g/mol. The zero-order valence-electron chi connectivity index (χ0n) is 18.1. The zero-order chi connectivity index (χ0) is 20.9. The van der Waals surface area contributed by atoms with Gasteiger partial charge in [0.25, 0.3) is 5.91 Å². The lowest BCUT2D eigenvalue weighted by Gasteiger charge is -2.20. The highest BCUT2D eigenvalue weighted by Crippen LogP contribution is 2.27. The summed E-state index contributed by atoms with van der Waals surface area (Å²) in [6.07, 6.45) is 0. The number of hydrogen-bond acceptors (Lipinski definition) is 3. The molecule has 0 spiro atoms. The molecule has 150 valence electrons. The van der Waals surface area contributed by atoms with Gasteiger partial charge in [-0.05, 0) is 53.5 Å². The summed E-state index contributed by atoms with van der Waals surface area (Å²) < 4.78 is 5.67. The molecule has 28 heavy (non-hydrogen) atoms. The molecule has 0 saturated heterocycles. The number of nitrogens with one attached hydrogen (secondary N) is 1. The van der Waals surface area contributed by atoms with Gasteiger partial charge in [0.2, 0.25) is 0 Å². The van der Waals surface area contributed by atoms with Crippen molar-refractivity contribution in [3.63, 3.8) is 0 Å². The average Bonchev–Trinajstić information content (AvgIpc) is 2.64. The SMILES string of the molecule is CC(=NNC(=O)COc1ccc(C(C)(C)C)cc1C)c1ccc(C(C)C)cc1. The second-order valence-corrected chi connectivity index (χ2v) is 8.53. The highest BCUT2D eigenvalue weighted by atomic mass is 16.5. The van der Waals surface area contributed by atoms with E-state index in [1.165, 1.54) is 11.1 Å². The van der Waals surface area contributed by atoms with Gasteiger partial charge in [-0.3, -0.25) is 4.79 Å². The van der Waals surface area contributed by atoms with Gasteiger partial charge >= 0.3 is 0 Å². The Balaban J connectivity index is 1.92. The largest absolute Gasteiger partial charge is 0.483 e. The first-order valence-corrected chi connectivity index (χ1v) is 9.75. The number of carbonyl (C=O) groups is 1. The van der Waals surface area contributed by atoms with Crippen LogP contribution in [-0.4, -0.2) is 18.2 Å². The Morgan fingerprint density at radius 1 is 1.11 bits per heavy atom. The Hall–Kier alpha value is -2.62. The molecule has 0 atom stereocenters. The number of hydrogen-bond donors (Lipinski definition) is 1. The molecule has 0 unspecified atom stereocenters. The molecule has 0 saturated carbocycles. The zero-order valence-corrected chi connectivity index (χ0v) is 18.1. The smallest absolute Gasteiger partial charge is 0.277 e. The van der Waals surface area contributed by atoms with E-state index in [9.17, 15) is 4.79 Å². The van der Waals surface area contributed by atoms with Crippen molar-refractivity contribution < 1.29 is 9.53 Å². The van der Waals surface area contributed by atoms with Crippen LogP contribution in [0.4, 0.5) is 0 Å². The van der Waals surface area contributed by atoms with Crippen LogP contribution in [0.1, 0.15) is 69.7 Å². The van der Waals surface area contributed by atoms with Crippen LogP contribution in [0.3, 0.4) is 0 Å². The fraction of sp³-hybridized carbons (Fsp3) is 0.417. The van der Waals surface area contributed by atoms with E-state index in [1.54, 1.807) is 0 Å². The normalized spacial score (nSPS) is 12.2. The molecule has 0 heterocycles. The molecule has 0 aliphatic heterocycles.